The molecule has 2 aliphatic heterocycles. The van der Waals surface area contributed by atoms with Crippen LogP contribution in [0.1, 0.15) is 33.3 Å². The molecular formula is C29H36O17. The van der Waals surface area contributed by atoms with Crippen LogP contribution < -0.4 is 0 Å². The number of aromatic hydroxyl groups is 1. The van der Waals surface area contributed by atoms with Crippen molar-refractivity contribution in [1.82, 2.24) is 0 Å². The topological polar surface area (TPSA) is 240 Å². The van der Waals surface area contributed by atoms with Gasteiger partial charge in [-0.2, -0.15) is 0 Å². The lowest BCUT2D eigenvalue weighted by Gasteiger charge is -2.46. The van der Waals surface area contributed by atoms with E-state index in [1.54, 1.807) is 12.1 Å². The highest BCUT2D eigenvalue weighted by atomic mass is 16.8. The van der Waals surface area contributed by atoms with Crippen LogP contribution in [0.3, 0.4) is 0 Å². The van der Waals surface area contributed by atoms with Crippen molar-refractivity contribution in [2.24, 2.45) is 0 Å². The van der Waals surface area contributed by atoms with Crippen LogP contribution in [-0.2, 0) is 61.9 Å². The van der Waals surface area contributed by atoms with Gasteiger partial charge in [-0.1, -0.05) is 12.1 Å². The third-order valence-corrected chi connectivity index (χ3v) is 6.68. The van der Waals surface area contributed by atoms with E-state index < -0.39 is 104 Å². The fourth-order valence-electron chi connectivity index (χ4n) is 4.70. The number of esters is 5. The Labute approximate surface area is 262 Å². The SMILES string of the molecule is CC(=O)OC[C@H]1O[C@H](O[C@]2(CO)O[C@H](COC(=O)C=Cc3ccc(O)cc3)[C@H](O)[C@H]2O)[C@H](OC(C)=O)[C@@H](OC(C)=O)[C@@H]1OC(C)=O. The number of hydrogen-bond donors (Lipinski definition) is 4. The Balaban J connectivity index is 1.85. The molecule has 0 aromatic heterocycles. The van der Waals surface area contributed by atoms with Crippen LogP contribution in [-0.4, -0.2) is 125 Å². The summed E-state index contributed by atoms with van der Waals surface area (Å²) in [4.78, 5) is 59.9. The van der Waals surface area contributed by atoms with Gasteiger partial charge in [-0.15, -0.1) is 0 Å². The van der Waals surface area contributed by atoms with E-state index in [0.29, 0.717) is 5.56 Å². The Kier molecular flexibility index (Phi) is 12.6. The number of rotatable bonds is 12. The molecule has 0 amide bonds. The van der Waals surface area contributed by atoms with Crippen molar-refractivity contribution in [1.29, 1.82) is 0 Å². The lowest BCUT2D eigenvalue weighted by molar-refractivity contribution is -0.384. The smallest absolute Gasteiger partial charge is 0.330 e. The maximum Gasteiger partial charge on any atom is 0.330 e. The van der Waals surface area contributed by atoms with Crippen molar-refractivity contribution in [2.75, 3.05) is 19.8 Å². The number of aliphatic hydroxyl groups excluding tert-OH is 3. The van der Waals surface area contributed by atoms with Crippen molar-refractivity contribution in [3.63, 3.8) is 0 Å². The zero-order chi connectivity index (χ0) is 34.2. The molecule has 17 nitrogen and oxygen atoms in total. The molecule has 2 heterocycles. The molecule has 3 rings (SSSR count). The van der Waals surface area contributed by atoms with Gasteiger partial charge < -0.3 is 58.3 Å². The molecule has 254 valence electrons. The van der Waals surface area contributed by atoms with Gasteiger partial charge in [0, 0.05) is 33.8 Å². The predicted octanol–water partition coefficient (Wildman–Crippen LogP) is -1.14. The standard InChI is InChI=1S/C29H36O17/c1-14(31)39-12-21-24(41-15(2)32)25(42-16(3)33)26(43-17(4)34)28(44-21)46-29(13-30)27(38)23(37)20(45-29)11-40-22(36)10-7-18-5-8-19(35)9-6-18/h5-10,20-21,23-28,30,35,37-38H,11-13H2,1-4H3/t20-,21-,23+,24-,25+,26-,27-,28-,29+/m1/s1. The van der Waals surface area contributed by atoms with Crippen LogP contribution in [0.2, 0.25) is 0 Å². The summed E-state index contributed by atoms with van der Waals surface area (Å²) in [5.41, 5.74) is 0.569. The van der Waals surface area contributed by atoms with Gasteiger partial charge in [0.25, 0.3) is 0 Å². The quantitative estimate of drug-likeness (QED) is 0.118. The maximum absolute atomic E-state index is 12.3. The van der Waals surface area contributed by atoms with Gasteiger partial charge in [0.05, 0.1) is 0 Å². The number of phenolic OH excluding ortho intramolecular Hbond substituents is 1. The third kappa shape index (κ3) is 9.44. The van der Waals surface area contributed by atoms with Crippen molar-refractivity contribution < 1.29 is 82.3 Å². The molecule has 0 radical (unpaired) electrons. The molecule has 2 saturated heterocycles. The van der Waals surface area contributed by atoms with E-state index in [1.165, 1.54) is 18.2 Å². The maximum atomic E-state index is 12.3. The molecule has 0 saturated carbocycles. The minimum absolute atomic E-state index is 0.0315. The number of carbonyl (C=O) groups excluding carboxylic acids is 5. The van der Waals surface area contributed by atoms with Crippen LogP contribution in [0.4, 0.5) is 0 Å². The van der Waals surface area contributed by atoms with E-state index >= 15 is 0 Å². The van der Waals surface area contributed by atoms with Gasteiger partial charge >= 0.3 is 29.8 Å². The number of aliphatic hydroxyl groups is 3. The summed E-state index contributed by atoms with van der Waals surface area (Å²) < 4.78 is 43.3. The van der Waals surface area contributed by atoms with Crippen LogP contribution in [0, 0.1) is 0 Å². The van der Waals surface area contributed by atoms with Gasteiger partial charge in [0.1, 0.15) is 50.0 Å². The number of carbonyl (C=O) groups is 5. The van der Waals surface area contributed by atoms with Gasteiger partial charge in [-0.05, 0) is 23.8 Å². The first kappa shape index (κ1) is 36.3. The zero-order valence-corrected chi connectivity index (χ0v) is 25.3. The van der Waals surface area contributed by atoms with Crippen LogP contribution in [0.15, 0.2) is 30.3 Å². The fourth-order valence-corrected chi connectivity index (χ4v) is 4.70. The first-order chi connectivity index (χ1) is 21.6. The highest BCUT2D eigenvalue weighted by Gasteiger charge is 2.60. The van der Waals surface area contributed by atoms with Gasteiger partial charge in [-0.25, -0.2) is 4.79 Å². The molecule has 0 unspecified atom stereocenters. The summed E-state index contributed by atoms with van der Waals surface area (Å²) in [7, 11) is 0. The normalized spacial score (nSPS) is 30.8. The minimum atomic E-state index is -2.50. The molecule has 46 heavy (non-hydrogen) atoms. The number of phenols is 1. The molecule has 4 N–H and O–H groups in total. The zero-order valence-electron chi connectivity index (χ0n) is 25.3. The van der Waals surface area contributed by atoms with Crippen molar-refractivity contribution in [2.45, 2.75) is 82.5 Å². The second-order valence-corrected chi connectivity index (χ2v) is 10.3. The molecule has 1 aromatic rings. The largest absolute Gasteiger partial charge is 0.508 e. The van der Waals surface area contributed by atoms with E-state index in [1.807, 2.05) is 0 Å². The second kappa shape index (κ2) is 15.9. The Morgan fingerprint density at radius 2 is 1.37 bits per heavy atom. The first-order valence-corrected chi connectivity index (χ1v) is 13.9. The molecular weight excluding hydrogens is 620 g/mol. The summed E-state index contributed by atoms with van der Waals surface area (Å²) in [6, 6.07) is 5.91. The highest BCUT2D eigenvalue weighted by molar-refractivity contribution is 5.87. The highest BCUT2D eigenvalue weighted by Crippen LogP contribution is 2.38. The molecule has 17 heteroatoms. The molecule has 2 fully saturated rings. The summed E-state index contributed by atoms with van der Waals surface area (Å²) in [5, 5.41) is 41.3. The lowest BCUT2D eigenvalue weighted by atomic mass is 9.97. The monoisotopic (exact) mass is 656 g/mol. The first-order valence-electron chi connectivity index (χ1n) is 13.9. The minimum Gasteiger partial charge on any atom is -0.508 e. The molecule has 0 aliphatic carbocycles. The van der Waals surface area contributed by atoms with E-state index in [2.05, 4.69) is 0 Å². The Bertz CT molecular complexity index is 1280. The van der Waals surface area contributed by atoms with Gasteiger partial charge in [0.2, 0.25) is 12.1 Å². The molecule has 2 aliphatic rings. The molecule has 0 bridgehead atoms. The third-order valence-electron chi connectivity index (χ3n) is 6.68. The van der Waals surface area contributed by atoms with Crippen LogP contribution >= 0.6 is 0 Å². The van der Waals surface area contributed by atoms with E-state index in [0.717, 1.165) is 33.8 Å². The van der Waals surface area contributed by atoms with Crippen LogP contribution in [0.5, 0.6) is 5.75 Å². The number of benzene rings is 1. The van der Waals surface area contributed by atoms with Crippen molar-refractivity contribution >= 4 is 35.9 Å². The number of ether oxygens (including phenoxy) is 8. The molecule has 9 atom stereocenters. The van der Waals surface area contributed by atoms with Gasteiger partial charge in [-0.3, -0.25) is 19.2 Å². The Hall–Kier alpha value is -4.13. The number of hydrogen-bond acceptors (Lipinski definition) is 17. The summed E-state index contributed by atoms with van der Waals surface area (Å²) in [6.45, 7) is 1.81. The summed E-state index contributed by atoms with van der Waals surface area (Å²) in [5.74, 6) is -6.78. The Morgan fingerprint density at radius 3 is 1.93 bits per heavy atom. The van der Waals surface area contributed by atoms with E-state index in [9.17, 15) is 44.4 Å². The second-order valence-electron chi connectivity index (χ2n) is 10.3. The van der Waals surface area contributed by atoms with E-state index in [4.69, 9.17) is 37.9 Å². The van der Waals surface area contributed by atoms with Gasteiger partial charge in [0.15, 0.2) is 18.3 Å². The average Bonchev–Trinajstić information content (AvgIpc) is 3.22. The predicted molar refractivity (Wildman–Crippen MR) is 148 cm³/mol. The van der Waals surface area contributed by atoms with Crippen LogP contribution in [0.25, 0.3) is 6.08 Å². The summed E-state index contributed by atoms with van der Waals surface area (Å²) >= 11 is 0. The Morgan fingerprint density at radius 1 is 0.804 bits per heavy atom. The average molecular weight is 657 g/mol. The van der Waals surface area contributed by atoms with E-state index in [-0.39, 0.29) is 5.75 Å². The lowest BCUT2D eigenvalue weighted by Crippen LogP contribution is -2.65. The van der Waals surface area contributed by atoms with Crippen molar-refractivity contribution in [3.05, 3.63) is 35.9 Å². The fraction of sp³-hybridized carbons (Fsp3) is 0.552. The summed E-state index contributed by atoms with van der Waals surface area (Å²) in [6.07, 6.45) is -10.9. The van der Waals surface area contributed by atoms with Crippen molar-refractivity contribution in [3.8, 4) is 5.75 Å². The molecule has 1 aromatic carbocycles. The molecule has 0 spiro atoms.